The molecule has 0 bridgehead atoms. The quantitative estimate of drug-likeness (QED) is 0.637. The van der Waals surface area contributed by atoms with E-state index in [1.807, 2.05) is 17.7 Å². The van der Waals surface area contributed by atoms with E-state index in [1.54, 1.807) is 24.3 Å². The maximum atomic E-state index is 12.3. The van der Waals surface area contributed by atoms with Crippen LogP contribution < -0.4 is 0 Å². The summed E-state index contributed by atoms with van der Waals surface area (Å²) < 4.78 is 31.8. The molecule has 0 aliphatic heterocycles. The van der Waals surface area contributed by atoms with Crippen LogP contribution in [-0.4, -0.2) is 24.8 Å². The van der Waals surface area contributed by atoms with Crippen LogP contribution in [0.1, 0.15) is 30.0 Å². The molecule has 2 aromatic carbocycles. The third kappa shape index (κ3) is 3.27. The molecule has 5 nitrogen and oxygen atoms in total. The van der Waals surface area contributed by atoms with E-state index in [-0.39, 0.29) is 17.4 Å². The molecule has 3 aromatic rings. The third-order valence-corrected chi connectivity index (χ3v) is 6.41. The number of hydrogen-bond donors (Lipinski definition) is 0. The summed E-state index contributed by atoms with van der Waals surface area (Å²) in [4.78, 5) is 0.216. The first-order valence-electron chi connectivity index (χ1n) is 8.83. The van der Waals surface area contributed by atoms with Crippen molar-refractivity contribution >= 4 is 21.0 Å². The molecule has 1 fully saturated rings. The molecular formula is C20H22N2O3S. The minimum absolute atomic E-state index is 0.216. The van der Waals surface area contributed by atoms with Crippen molar-refractivity contribution in [1.82, 2.24) is 9.78 Å². The molecule has 6 heteroatoms. The van der Waals surface area contributed by atoms with Gasteiger partial charge in [0.25, 0.3) is 10.1 Å². The first kappa shape index (κ1) is 17.2. The van der Waals surface area contributed by atoms with Crippen molar-refractivity contribution in [2.45, 2.75) is 37.6 Å². The Hall–Kier alpha value is -2.18. The van der Waals surface area contributed by atoms with Gasteiger partial charge < -0.3 is 0 Å². The molecule has 0 saturated heterocycles. The maximum Gasteiger partial charge on any atom is 0.296 e. The van der Waals surface area contributed by atoms with Crippen molar-refractivity contribution in [2.24, 2.45) is 5.92 Å². The fourth-order valence-electron chi connectivity index (χ4n) is 3.41. The average molecular weight is 370 g/mol. The first-order chi connectivity index (χ1) is 12.4. The lowest BCUT2D eigenvalue weighted by Crippen LogP contribution is -2.31. The largest absolute Gasteiger partial charge is 0.296 e. The number of aryl methyl sites for hydroxylation is 2. The molecule has 26 heavy (non-hydrogen) atoms. The molecular weight excluding hydrogens is 348 g/mol. The van der Waals surface area contributed by atoms with E-state index >= 15 is 0 Å². The van der Waals surface area contributed by atoms with Gasteiger partial charge in [0.05, 0.1) is 23.1 Å². The molecule has 1 aliphatic carbocycles. The number of rotatable bonds is 5. The minimum Gasteiger partial charge on any atom is -0.268 e. The Morgan fingerprint density at radius 1 is 1.12 bits per heavy atom. The average Bonchev–Trinajstić information content (AvgIpc) is 2.99. The maximum absolute atomic E-state index is 12.3. The summed E-state index contributed by atoms with van der Waals surface area (Å²) in [6.45, 7) is 4.21. The molecule has 136 valence electrons. The second kappa shape index (κ2) is 6.52. The summed E-state index contributed by atoms with van der Waals surface area (Å²) in [5.74, 6) is 0.244. The van der Waals surface area contributed by atoms with E-state index in [9.17, 15) is 8.42 Å². The van der Waals surface area contributed by atoms with E-state index in [0.29, 0.717) is 6.04 Å². The van der Waals surface area contributed by atoms with Gasteiger partial charge in [-0.2, -0.15) is 13.5 Å². The van der Waals surface area contributed by atoms with Gasteiger partial charge in [0, 0.05) is 11.6 Å². The van der Waals surface area contributed by atoms with E-state index in [4.69, 9.17) is 9.28 Å². The van der Waals surface area contributed by atoms with Gasteiger partial charge in [-0.1, -0.05) is 35.9 Å². The smallest absolute Gasteiger partial charge is 0.268 e. The lowest BCUT2D eigenvalue weighted by atomic mass is 9.81. The van der Waals surface area contributed by atoms with Crippen LogP contribution in [-0.2, 0) is 14.3 Å². The van der Waals surface area contributed by atoms with Crippen LogP contribution in [0.2, 0.25) is 0 Å². The van der Waals surface area contributed by atoms with Crippen LogP contribution in [0.5, 0.6) is 0 Å². The predicted molar refractivity (Wildman–Crippen MR) is 101 cm³/mol. The normalized spacial score (nSPS) is 20.2. The van der Waals surface area contributed by atoms with E-state index in [2.05, 4.69) is 25.3 Å². The van der Waals surface area contributed by atoms with Crippen LogP contribution in [0, 0.1) is 19.8 Å². The van der Waals surface area contributed by atoms with Crippen molar-refractivity contribution in [3.8, 4) is 0 Å². The Morgan fingerprint density at radius 3 is 2.54 bits per heavy atom. The number of nitrogens with zero attached hydrogens (tertiary/aromatic N) is 2. The SMILES string of the molecule is Cc1ccc(S(=O)(=O)OCC2CC(n3cc4cccc(C)c4n3)C2)cc1. The molecule has 0 atom stereocenters. The standard InChI is InChI=1S/C20H22N2O3S/c1-14-6-8-19(9-7-14)26(23,24)25-13-16-10-18(11-16)22-12-17-5-3-4-15(2)20(17)21-22/h3-9,12,16,18H,10-11,13H2,1-2H3. The highest BCUT2D eigenvalue weighted by atomic mass is 32.2. The van der Waals surface area contributed by atoms with Crippen LogP contribution in [0.25, 0.3) is 10.9 Å². The molecule has 0 unspecified atom stereocenters. The first-order valence-corrected chi connectivity index (χ1v) is 10.2. The molecule has 0 radical (unpaired) electrons. The molecule has 1 heterocycles. The van der Waals surface area contributed by atoms with Crippen LogP contribution in [0.4, 0.5) is 0 Å². The zero-order valence-corrected chi connectivity index (χ0v) is 15.7. The topological polar surface area (TPSA) is 61.2 Å². The summed E-state index contributed by atoms with van der Waals surface area (Å²) in [5.41, 5.74) is 3.23. The van der Waals surface area contributed by atoms with Gasteiger partial charge in [-0.05, 0) is 50.3 Å². The molecule has 1 saturated carbocycles. The van der Waals surface area contributed by atoms with Gasteiger partial charge in [0.15, 0.2) is 0 Å². The Balaban J connectivity index is 1.36. The van der Waals surface area contributed by atoms with Gasteiger partial charge in [-0.25, -0.2) is 0 Å². The van der Waals surface area contributed by atoms with Crippen molar-refractivity contribution < 1.29 is 12.6 Å². The second-order valence-electron chi connectivity index (χ2n) is 7.16. The Labute approximate surface area is 153 Å². The van der Waals surface area contributed by atoms with Gasteiger partial charge in [-0.3, -0.25) is 8.86 Å². The number of hydrogen-bond acceptors (Lipinski definition) is 4. The fraction of sp³-hybridized carbons (Fsp3) is 0.350. The van der Waals surface area contributed by atoms with Crippen LogP contribution >= 0.6 is 0 Å². The van der Waals surface area contributed by atoms with Crippen molar-refractivity contribution in [3.05, 3.63) is 59.8 Å². The molecule has 4 rings (SSSR count). The summed E-state index contributed by atoms with van der Waals surface area (Å²) in [5, 5.41) is 5.84. The second-order valence-corrected chi connectivity index (χ2v) is 8.78. The lowest BCUT2D eigenvalue weighted by Gasteiger charge is -2.34. The van der Waals surface area contributed by atoms with Crippen molar-refractivity contribution in [2.75, 3.05) is 6.61 Å². The van der Waals surface area contributed by atoms with E-state index in [1.165, 1.54) is 5.56 Å². The molecule has 0 spiro atoms. The Bertz CT molecular complexity index is 1030. The van der Waals surface area contributed by atoms with E-state index in [0.717, 1.165) is 29.3 Å². The summed E-state index contributed by atoms with van der Waals surface area (Å²) in [7, 11) is -3.68. The van der Waals surface area contributed by atoms with Gasteiger partial charge in [0.2, 0.25) is 0 Å². The molecule has 0 amide bonds. The molecule has 1 aromatic heterocycles. The predicted octanol–water partition coefficient (Wildman–Crippen LogP) is 4.01. The van der Waals surface area contributed by atoms with Crippen LogP contribution in [0.3, 0.4) is 0 Å². The minimum atomic E-state index is -3.68. The number of benzene rings is 2. The van der Waals surface area contributed by atoms with Crippen molar-refractivity contribution in [3.63, 3.8) is 0 Å². The number of fused-ring (bicyclic) bond motifs is 1. The highest BCUT2D eigenvalue weighted by Crippen LogP contribution is 2.38. The van der Waals surface area contributed by atoms with Crippen LogP contribution in [0.15, 0.2) is 53.6 Å². The van der Waals surface area contributed by atoms with Gasteiger partial charge in [0.1, 0.15) is 0 Å². The van der Waals surface area contributed by atoms with Gasteiger partial charge >= 0.3 is 0 Å². The molecule has 0 N–H and O–H groups in total. The van der Waals surface area contributed by atoms with E-state index < -0.39 is 10.1 Å². The Kier molecular flexibility index (Phi) is 4.32. The highest BCUT2D eigenvalue weighted by Gasteiger charge is 2.33. The molecule has 1 aliphatic rings. The monoisotopic (exact) mass is 370 g/mol. The zero-order valence-electron chi connectivity index (χ0n) is 14.9. The highest BCUT2D eigenvalue weighted by molar-refractivity contribution is 7.86. The summed E-state index contributed by atoms with van der Waals surface area (Å²) in [6, 6.07) is 13.2. The van der Waals surface area contributed by atoms with Gasteiger partial charge in [-0.15, -0.1) is 0 Å². The Morgan fingerprint density at radius 2 is 1.85 bits per heavy atom. The summed E-state index contributed by atoms with van der Waals surface area (Å²) >= 11 is 0. The third-order valence-electron chi connectivity index (χ3n) is 5.11. The summed E-state index contributed by atoms with van der Waals surface area (Å²) in [6.07, 6.45) is 3.85. The fourth-order valence-corrected chi connectivity index (χ4v) is 4.38. The zero-order chi connectivity index (χ0) is 18.3. The van der Waals surface area contributed by atoms with Crippen molar-refractivity contribution in [1.29, 1.82) is 0 Å². The lowest BCUT2D eigenvalue weighted by molar-refractivity contribution is 0.121. The number of aromatic nitrogens is 2.